The Morgan fingerprint density at radius 1 is 1.08 bits per heavy atom. The van der Waals surface area contributed by atoms with Gasteiger partial charge in [-0.2, -0.15) is 0 Å². The lowest BCUT2D eigenvalue weighted by molar-refractivity contribution is 0.102. The van der Waals surface area contributed by atoms with Gasteiger partial charge in [0.2, 0.25) is 5.95 Å². The van der Waals surface area contributed by atoms with Gasteiger partial charge in [-0.1, -0.05) is 29.8 Å². The quantitative estimate of drug-likeness (QED) is 0.696. The molecule has 0 saturated carbocycles. The molecule has 0 aliphatic rings. The van der Waals surface area contributed by atoms with Gasteiger partial charge in [0.25, 0.3) is 5.91 Å². The highest BCUT2D eigenvalue weighted by Crippen LogP contribution is 2.28. The summed E-state index contributed by atoms with van der Waals surface area (Å²) in [6.07, 6.45) is 2.92. The van der Waals surface area contributed by atoms with Crippen LogP contribution in [0.3, 0.4) is 0 Å². The molecule has 26 heavy (non-hydrogen) atoms. The van der Waals surface area contributed by atoms with E-state index in [4.69, 9.17) is 16.3 Å². The third-order valence-corrected chi connectivity index (χ3v) is 3.95. The molecule has 0 spiro atoms. The summed E-state index contributed by atoms with van der Waals surface area (Å²) in [6, 6.07) is 12.8. The molecular formula is C19H17ClN4O2. The molecule has 132 valence electrons. The Morgan fingerprint density at radius 2 is 1.81 bits per heavy atom. The largest absolute Gasteiger partial charge is 0.495 e. The van der Waals surface area contributed by atoms with Crippen LogP contribution in [0.15, 0.2) is 54.9 Å². The SMILES string of the molecule is COc1ccc(Cl)cc1NC(=O)c1cnc(Nc2ccccc2C)nc1. The van der Waals surface area contributed by atoms with Crippen molar-refractivity contribution in [2.45, 2.75) is 6.92 Å². The molecule has 1 aromatic heterocycles. The van der Waals surface area contributed by atoms with Crippen LogP contribution in [0.2, 0.25) is 5.02 Å². The van der Waals surface area contributed by atoms with E-state index in [-0.39, 0.29) is 5.91 Å². The van der Waals surface area contributed by atoms with Crippen molar-refractivity contribution in [1.29, 1.82) is 0 Å². The van der Waals surface area contributed by atoms with Crippen LogP contribution in [0.4, 0.5) is 17.3 Å². The van der Waals surface area contributed by atoms with Gasteiger partial charge in [0.1, 0.15) is 5.75 Å². The van der Waals surface area contributed by atoms with E-state index in [1.54, 1.807) is 18.2 Å². The topological polar surface area (TPSA) is 76.1 Å². The molecule has 2 N–H and O–H groups in total. The molecule has 1 heterocycles. The molecule has 3 aromatic rings. The number of aromatic nitrogens is 2. The van der Waals surface area contributed by atoms with Gasteiger partial charge in [0, 0.05) is 23.1 Å². The standard InChI is InChI=1S/C19H17ClN4O2/c1-12-5-3-4-6-15(12)24-19-21-10-13(11-22-19)18(25)23-16-9-14(20)7-8-17(16)26-2/h3-11H,1-2H3,(H,23,25)(H,21,22,24). The molecule has 0 saturated heterocycles. The van der Waals surface area contributed by atoms with Crippen LogP contribution >= 0.6 is 11.6 Å². The summed E-state index contributed by atoms with van der Waals surface area (Å²) in [5.74, 6) is 0.575. The van der Waals surface area contributed by atoms with E-state index in [2.05, 4.69) is 20.6 Å². The van der Waals surface area contributed by atoms with Crippen LogP contribution < -0.4 is 15.4 Å². The van der Waals surface area contributed by atoms with Crippen molar-refractivity contribution in [3.63, 3.8) is 0 Å². The van der Waals surface area contributed by atoms with E-state index in [0.29, 0.717) is 28.0 Å². The van der Waals surface area contributed by atoms with Crippen molar-refractivity contribution in [2.75, 3.05) is 17.7 Å². The van der Waals surface area contributed by atoms with Gasteiger partial charge in [0.05, 0.1) is 18.4 Å². The number of ether oxygens (including phenoxy) is 1. The summed E-state index contributed by atoms with van der Waals surface area (Å²) in [5.41, 5.74) is 2.79. The van der Waals surface area contributed by atoms with Crippen molar-refractivity contribution in [3.8, 4) is 5.75 Å². The molecular weight excluding hydrogens is 352 g/mol. The Balaban J connectivity index is 1.73. The van der Waals surface area contributed by atoms with Crippen LogP contribution in [0.1, 0.15) is 15.9 Å². The first-order valence-electron chi connectivity index (χ1n) is 7.86. The van der Waals surface area contributed by atoms with Crippen molar-refractivity contribution >= 4 is 34.8 Å². The first-order valence-corrected chi connectivity index (χ1v) is 8.24. The zero-order chi connectivity index (χ0) is 18.5. The summed E-state index contributed by atoms with van der Waals surface area (Å²) in [5, 5.41) is 6.37. The van der Waals surface area contributed by atoms with Gasteiger partial charge in [-0.05, 0) is 36.8 Å². The van der Waals surface area contributed by atoms with Crippen molar-refractivity contribution in [3.05, 3.63) is 71.0 Å². The van der Waals surface area contributed by atoms with E-state index in [1.807, 2.05) is 31.2 Å². The summed E-state index contributed by atoms with van der Waals surface area (Å²) in [7, 11) is 1.52. The number of hydrogen-bond acceptors (Lipinski definition) is 5. The maximum atomic E-state index is 12.4. The number of methoxy groups -OCH3 is 1. The molecule has 0 aliphatic carbocycles. The minimum atomic E-state index is -0.354. The number of hydrogen-bond donors (Lipinski definition) is 2. The fraction of sp³-hybridized carbons (Fsp3) is 0.105. The zero-order valence-corrected chi connectivity index (χ0v) is 15.0. The minimum absolute atomic E-state index is 0.322. The number of halogens is 1. The van der Waals surface area contributed by atoms with Crippen LogP contribution in [-0.2, 0) is 0 Å². The number of nitrogens with zero attached hydrogens (tertiary/aromatic N) is 2. The molecule has 1 amide bonds. The zero-order valence-electron chi connectivity index (χ0n) is 14.3. The highest BCUT2D eigenvalue weighted by molar-refractivity contribution is 6.31. The predicted octanol–water partition coefficient (Wildman–Crippen LogP) is 4.44. The average Bonchev–Trinajstić information content (AvgIpc) is 2.64. The monoisotopic (exact) mass is 368 g/mol. The molecule has 7 heteroatoms. The molecule has 0 aliphatic heterocycles. The molecule has 0 unspecified atom stereocenters. The lowest BCUT2D eigenvalue weighted by atomic mass is 10.2. The van der Waals surface area contributed by atoms with Gasteiger partial charge in [-0.25, -0.2) is 9.97 Å². The number of benzene rings is 2. The summed E-state index contributed by atoms with van der Waals surface area (Å²) >= 11 is 5.97. The van der Waals surface area contributed by atoms with Crippen LogP contribution in [0, 0.1) is 6.92 Å². The molecule has 3 rings (SSSR count). The second kappa shape index (κ2) is 7.84. The van der Waals surface area contributed by atoms with Crippen LogP contribution in [-0.4, -0.2) is 23.0 Å². The van der Waals surface area contributed by atoms with Crippen LogP contribution in [0.25, 0.3) is 0 Å². The van der Waals surface area contributed by atoms with Gasteiger partial charge in [0.15, 0.2) is 0 Å². The molecule has 0 fully saturated rings. The lowest BCUT2D eigenvalue weighted by Crippen LogP contribution is -2.13. The van der Waals surface area contributed by atoms with Crippen LogP contribution in [0.5, 0.6) is 5.75 Å². The van der Waals surface area contributed by atoms with Gasteiger partial charge < -0.3 is 15.4 Å². The fourth-order valence-electron chi connectivity index (χ4n) is 2.32. The van der Waals surface area contributed by atoms with E-state index >= 15 is 0 Å². The highest BCUT2D eigenvalue weighted by Gasteiger charge is 2.12. The number of rotatable bonds is 5. The first-order chi connectivity index (χ1) is 12.6. The summed E-state index contributed by atoms with van der Waals surface area (Å²) in [4.78, 5) is 20.8. The van der Waals surface area contributed by atoms with Gasteiger partial charge in [-0.3, -0.25) is 4.79 Å². The Morgan fingerprint density at radius 3 is 2.50 bits per heavy atom. The van der Waals surface area contributed by atoms with E-state index in [9.17, 15) is 4.79 Å². The predicted molar refractivity (Wildman–Crippen MR) is 102 cm³/mol. The third kappa shape index (κ3) is 4.10. The maximum absolute atomic E-state index is 12.4. The fourth-order valence-corrected chi connectivity index (χ4v) is 2.49. The smallest absolute Gasteiger partial charge is 0.258 e. The highest BCUT2D eigenvalue weighted by atomic mass is 35.5. The number of carbonyl (C=O) groups is 1. The molecule has 0 radical (unpaired) electrons. The Kier molecular flexibility index (Phi) is 5.34. The number of carbonyl (C=O) groups excluding carboxylic acids is 1. The van der Waals surface area contributed by atoms with E-state index < -0.39 is 0 Å². The Hall–Kier alpha value is -3.12. The number of para-hydroxylation sites is 1. The lowest BCUT2D eigenvalue weighted by Gasteiger charge is -2.11. The average molecular weight is 369 g/mol. The van der Waals surface area contributed by atoms with Crippen molar-refractivity contribution in [1.82, 2.24) is 9.97 Å². The second-order valence-corrected chi connectivity index (χ2v) is 5.97. The third-order valence-electron chi connectivity index (χ3n) is 3.72. The molecule has 6 nitrogen and oxygen atoms in total. The number of nitrogens with one attached hydrogen (secondary N) is 2. The van der Waals surface area contributed by atoms with Gasteiger partial charge in [-0.15, -0.1) is 0 Å². The Bertz CT molecular complexity index is 929. The minimum Gasteiger partial charge on any atom is -0.495 e. The van der Waals surface area contributed by atoms with Crippen molar-refractivity contribution < 1.29 is 9.53 Å². The summed E-state index contributed by atoms with van der Waals surface area (Å²) in [6.45, 7) is 1.99. The first kappa shape index (κ1) is 17.7. The van der Waals surface area contributed by atoms with Crippen molar-refractivity contribution in [2.24, 2.45) is 0 Å². The molecule has 0 atom stereocenters. The van der Waals surface area contributed by atoms with Gasteiger partial charge >= 0.3 is 0 Å². The normalized spacial score (nSPS) is 10.3. The van der Waals surface area contributed by atoms with E-state index in [1.165, 1.54) is 19.5 Å². The molecule has 0 bridgehead atoms. The second-order valence-electron chi connectivity index (χ2n) is 5.53. The Labute approximate surface area is 156 Å². The number of anilines is 3. The maximum Gasteiger partial charge on any atom is 0.258 e. The number of aryl methyl sites for hydroxylation is 1. The number of amides is 1. The molecule has 2 aromatic carbocycles. The van der Waals surface area contributed by atoms with E-state index in [0.717, 1.165) is 11.3 Å². The summed E-state index contributed by atoms with van der Waals surface area (Å²) < 4.78 is 5.22.